The fourth-order valence-corrected chi connectivity index (χ4v) is 3.28. The quantitative estimate of drug-likeness (QED) is 0.920. The van der Waals surface area contributed by atoms with Gasteiger partial charge in [0.15, 0.2) is 9.84 Å². The zero-order valence-electron chi connectivity index (χ0n) is 11.9. The zero-order chi connectivity index (χ0) is 15.5. The molecule has 0 saturated heterocycles. The highest BCUT2D eigenvalue weighted by atomic mass is 32.2. The first-order valence-electron chi connectivity index (χ1n) is 6.48. The molecule has 0 aliphatic heterocycles. The van der Waals surface area contributed by atoms with E-state index >= 15 is 0 Å². The SMILES string of the molecule is C[C@@H](NC(=O)Cc1cccs1)c1ccc(S(C)(=O)=O)cc1. The number of hydrogen-bond acceptors (Lipinski definition) is 4. The van der Waals surface area contributed by atoms with E-state index in [9.17, 15) is 13.2 Å². The van der Waals surface area contributed by atoms with Gasteiger partial charge >= 0.3 is 0 Å². The second-order valence-corrected chi connectivity index (χ2v) is 7.93. The Kier molecular flexibility index (Phi) is 4.80. The second kappa shape index (κ2) is 6.41. The van der Waals surface area contributed by atoms with Crippen molar-refractivity contribution >= 4 is 27.1 Å². The first-order chi connectivity index (χ1) is 9.86. The molecule has 0 unspecified atom stereocenters. The van der Waals surface area contributed by atoms with E-state index in [1.165, 1.54) is 6.26 Å². The lowest BCUT2D eigenvalue weighted by Gasteiger charge is -2.14. The van der Waals surface area contributed by atoms with E-state index < -0.39 is 9.84 Å². The van der Waals surface area contributed by atoms with Gasteiger partial charge in [-0.3, -0.25) is 4.79 Å². The van der Waals surface area contributed by atoms with Gasteiger partial charge in [-0.1, -0.05) is 18.2 Å². The van der Waals surface area contributed by atoms with Gasteiger partial charge in [-0.2, -0.15) is 0 Å². The van der Waals surface area contributed by atoms with Gasteiger partial charge in [-0.15, -0.1) is 11.3 Å². The van der Waals surface area contributed by atoms with Crippen LogP contribution in [-0.4, -0.2) is 20.6 Å². The largest absolute Gasteiger partial charge is 0.349 e. The van der Waals surface area contributed by atoms with Crippen molar-refractivity contribution in [2.75, 3.05) is 6.26 Å². The summed E-state index contributed by atoms with van der Waals surface area (Å²) in [6.45, 7) is 1.88. The molecule has 1 aromatic heterocycles. The lowest BCUT2D eigenvalue weighted by molar-refractivity contribution is -0.121. The molecule has 2 aromatic rings. The normalized spacial score (nSPS) is 12.9. The van der Waals surface area contributed by atoms with Crippen LogP contribution in [0.4, 0.5) is 0 Å². The second-order valence-electron chi connectivity index (χ2n) is 4.89. The molecule has 0 spiro atoms. The van der Waals surface area contributed by atoms with E-state index in [0.29, 0.717) is 6.42 Å². The maximum absolute atomic E-state index is 11.9. The number of nitrogens with one attached hydrogen (secondary N) is 1. The van der Waals surface area contributed by atoms with Crippen LogP contribution in [0.25, 0.3) is 0 Å². The third-order valence-electron chi connectivity index (χ3n) is 3.10. The van der Waals surface area contributed by atoms with Crippen molar-refractivity contribution in [2.24, 2.45) is 0 Å². The molecule has 2 rings (SSSR count). The highest BCUT2D eigenvalue weighted by Gasteiger charge is 2.12. The van der Waals surface area contributed by atoms with Gasteiger partial charge in [0.1, 0.15) is 0 Å². The minimum atomic E-state index is -3.19. The number of sulfone groups is 1. The molecule has 112 valence electrons. The number of carbonyl (C=O) groups is 1. The Hall–Kier alpha value is -1.66. The molecule has 6 heteroatoms. The number of rotatable bonds is 5. The first-order valence-corrected chi connectivity index (χ1v) is 9.25. The maximum Gasteiger partial charge on any atom is 0.225 e. The molecule has 1 atom stereocenters. The van der Waals surface area contributed by atoms with Crippen molar-refractivity contribution in [3.63, 3.8) is 0 Å². The molecule has 0 fully saturated rings. The van der Waals surface area contributed by atoms with Crippen molar-refractivity contribution < 1.29 is 13.2 Å². The van der Waals surface area contributed by atoms with Crippen LogP contribution in [0.5, 0.6) is 0 Å². The maximum atomic E-state index is 11.9. The van der Waals surface area contributed by atoms with E-state index in [1.54, 1.807) is 35.6 Å². The molecule has 21 heavy (non-hydrogen) atoms. The summed E-state index contributed by atoms with van der Waals surface area (Å²) >= 11 is 1.55. The molecule has 1 aromatic carbocycles. The van der Waals surface area contributed by atoms with Crippen molar-refractivity contribution in [2.45, 2.75) is 24.3 Å². The van der Waals surface area contributed by atoms with Crippen LogP contribution in [-0.2, 0) is 21.1 Å². The Bertz CT molecular complexity index is 704. The van der Waals surface area contributed by atoms with Crippen LogP contribution >= 0.6 is 11.3 Å². The van der Waals surface area contributed by atoms with Gasteiger partial charge in [0.2, 0.25) is 5.91 Å². The average Bonchev–Trinajstić information content (AvgIpc) is 2.90. The number of thiophene rings is 1. The van der Waals surface area contributed by atoms with E-state index in [-0.39, 0.29) is 16.8 Å². The van der Waals surface area contributed by atoms with E-state index in [2.05, 4.69) is 5.32 Å². The Labute approximate surface area is 128 Å². The molecule has 0 radical (unpaired) electrons. The lowest BCUT2D eigenvalue weighted by Crippen LogP contribution is -2.27. The summed E-state index contributed by atoms with van der Waals surface area (Å²) < 4.78 is 22.8. The van der Waals surface area contributed by atoms with Crippen LogP contribution in [0.2, 0.25) is 0 Å². The summed E-state index contributed by atoms with van der Waals surface area (Å²) in [7, 11) is -3.19. The molecular weight excluding hydrogens is 306 g/mol. The Morgan fingerprint density at radius 2 is 1.90 bits per heavy atom. The van der Waals surface area contributed by atoms with E-state index in [1.807, 2.05) is 24.4 Å². The van der Waals surface area contributed by atoms with Crippen LogP contribution in [0.3, 0.4) is 0 Å². The van der Waals surface area contributed by atoms with E-state index in [0.717, 1.165) is 10.4 Å². The topological polar surface area (TPSA) is 63.2 Å². The monoisotopic (exact) mass is 323 g/mol. The highest BCUT2D eigenvalue weighted by molar-refractivity contribution is 7.90. The average molecular weight is 323 g/mol. The molecule has 1 heterocycles. The molecule has 1 N–H and O–H groups in total. The number of carbonyl (C=O) groups excluding carboxylic acids is 1. The summed E-state index contributed by atoms with van der Waals surface area (Å²) in [5.41, 5.74) is 0.877. The van der Waals surface area contributed by atoms with Crippen molar-refractivity contribution in [3.05, 3.63) is 52.2 Å². The third-order valence-corrected chi connectivity index (χ3v) is 5.11. The van der Waals surface area contributed by atoms with Gasteiger partial charge in [0.25, 0.3) is 0 Å². The summed E-state index contributed by atoms with van der Waals surface area (Å²) in [6, 6.07) is 10.3. The van der Waals surface area contributed by atoms with Crippen LogP contribution < -0.4 is 5.32 Å². The Balaban J connectivity index is 2.00. The number of hydrogen-bond donors (Lipinski definition) is 1. The molecule has 4 nitrogen and oxygen atoms in total. The van der Waals surface area contributed by atoms with Gasteiger partial charge in [-0.25, -0.2) is 8.42 Å². The lowest BCUT2D eigenvalue weighted by atomic mass is 10.1. The van der Waals surface area contributed by atoms with Gasteiger partial charge in [0, 0.05) is 11.1 Å². The predicted molar refractivity (Wildman–Crippen MR) is 84.1 cm³/mol. The fraction of sp³-hybridized carbons (Fsp3) is 0.267. The highest BCUT2D eigenvalue weighted by Crippen LogP contribution is 2.17. The number of amides is 1. The standard InChI is InChI=1S/C15H17NO3S2/c1-11(16-15(17)10-13-4-3-9-20-13)12-5-7-14(8-6-12)21(2,18)19/h3-9,11H,10H2,1-2H3,(H,16,17)/t11-/m1/s1. The molecule has 1 amide bonds. The van der Waals surface area contributed by atoms with Crippen LogP contribution in [0, 0.1) is 0 Å². The molecule has 0 aliphatic rings. The van der Waals surface area contributed by atoms with Crippen LogP contribution in [0.1, 0.15) is 23.4 Å². The van der Waals surface area contributed by atoms with Crippen molar-refractivity contribution in [3.8, 4) is 0 Å². The minimum Gasteiger partial charge on any atom is -0.349 e. The summed E-state index contributed by atoms with van der Waals surface area (Å²) in [6.07, 6.45) is 1.54. The molecule has 0 aliphatic carbocycles. The van der Waals surface area contributed by atoms with E-state index in [4.69, 9.17) is 0 Å². The molecule has 0 bridgehead atoms. The summed E-state index contributed by atoms with van der Waals surface area (Å²) in [5.74, 6) is -0.0443. The predicted octanol–water partition coefficient (Wildman–Crippen LogP) is 2.57. The van der Waals surface area contributed by atoms with Gasteiger partial charge in [-0.05, 0) is 36.1 Å². The molecule has 0 saturated carbocycles. The third kappa shape index (κ3) is 4.41. The van der Waals surface area contributed by atoms with Crippen LogP contribution in [0.15, 0.2) is 46.7 Å². The Morgan fingerprint density at radius 3 is 2.43 bits per heavy atom. The first kappa shape index (κ1) is 15.7. The smallest absolute Gasteiger partial charge is 0.225 e. The van der Waals surface area contributed by atoms with Crippen molar-refractivity contribution in [1.29, 1.82) is 0 Å². The Morgan fingerprint density at radius 1 is 1.24 bits per heavy atom. The fourth-order valence-electron chi connectivity index (χ4n) is 1.95. The number of benzene rings is 1. The van der Waals surface area contributed by atoms with Crippen molar-refractivity contribution in [1.82, 2.24) is 5.32 Å². The summed E-state index contributed by atoms with van der Waals surface area (Å²) in [5, 5.41) is 4.85. The molecular formula is C15H17NO3S2. The minimum absolute atomic E-state index is 0.0443. The summed E-state index contributed by atoms with van der Waals surface area (Å²) in [4.78, 5) is 13.2. The zero-order valence-corrected chi connectivity index (χ0v) is 13.5. The van der Waals surface area contributed by atoms with Gasteiger partial charge in [0.05, 0.1) is 17.4 Å². The van der Waals surface area contributed by atoms with Gasteiger partial charge < -0.3 is 5.32 Å².